The summed E-state index contributed by atoms with van der Waals surface area (Å²) in [5.41, 5.74) is 0.529. The topological polar surface area (TPSA) is 91.4 Å². The standard InChI is InChI=1S/C26H37FN4O5/c1-3-35-25(34)28-17-23(32)30-12-9-26(10-13-30)16-22(36-24(26)33)8-11-29-14-15-31(19(2)18-29)21-6-4-20(27)5-7-21/h4-7,19,22H,3,8-18H2,1-2H3,(H,28,34)/t19-,22-/m0/s1. The van der Waals surface area contributed by atoms with Crippen LogP contribution in [-0.2, 0) is 19.1 Å². The van der Waals surface area contributed by atoms with Gasteiger partial charge in [-0.25, -0.2) is 9.18 Å². The van der Waals surface area contributed by atoms with Crippen LogP contribution < -0.4 is 10.2 Å². The maximum absolute atomic E-state index is 13.3. The number of hydrogen-bond donors (Lipinski definition) is 1. The van der Waals surface area contributed by atoms with Crippen molar-refractivity contribution < 1.29 is 28.2 Å². The first-order chi connectivity index (χ1) is 17.3. The predicted octanol–water partition coefficient (Wildman–Crippen LogP) is 2.40. The lowest BCUT2D eigenvalue weighted by atomic mass is 9.75. The Hall–Kier alpha value is -2.88. The highest BCUT2D eigenvalue weighted by atomic mass is 19.1. The monoisotopic (exact) mass is 504 g/mol. The number of piperazine rings is 1. The van der Waals surface area contributed by atoms with Crippen molar-refractivity contribution in [1.82, 2.24) is 15.1 Å². The molecule has 0 saturated carbocycles. The van der Waals surface area contributed by atoms with E-state index in [0.29, 0.717) is 38.4 Å². The number of hydrogen-bond acceptors (Lipinski definition) is 7. The van der Waals surface area contributed by atoms with Crippen LogP contribution in [0.15, 0.2) is 24.3 Å². The molecular formula is C26H37FN4O5. The smallest absolute Gasteiger partial charge is 0.407 e. The molecule has 3 aliphatic rings. The average Bonchev–Trinajstić information content (AvgIpc) is 3.17. The molecule has 2 atom stereocenters. The zero-order valence-corrected chi connectivity index (χ0v) is 21.2. The second-order valence-electron chi connectivity index (χ2n) is 10.1. The van der Waals surface area contributed by atoms with E-state index < -0.39 is 11.5 Å². The minimum Gasteiger partial charge on any atom is -0.462 e. The molecule has 0 aliphatic carbocycles. The van der Waals surface area contributed by atoms with Gasteiger partial charge in [-0.3, -0.25) is 14.5 Å². The molecule has 1 aromatic rings. The Labute approximate surface area is 211 Å². The molecule has 36 heavy (non-hydrogen) atoms. The van der Waals surface area contributed by atoms with Crippen LogP contribution in [0.1, 0.15) is 39.5 Å². The van der Waals surface area contributed by atoms with Crippen molar-refractivity contribution in [3.05, 3.63) is 30.1 Å². The van der Waals surface area contributed by atoms with Crippen LogP contribution >= 0.6 is 0 Å². The van der Waals surface area contributed by atoms with Gasteiger partial charge in [0, 0.05) is 57.4 Å². The highest BCUT2D eigenvalue weighted by Crippen LogP contribution is 2.44. The molecule has 4 rings (SSSR count). The fraction of sp³-hybridized carbons (Fsp3) is 0.654. The Balaban J connectivity index is 1.20. The third kappa shape index (κ3) is 6.08. The maximum atomic E-state index is 13.3. The van der Waals surface area contributed by atoms with Crippen LogP contribution in [0.5, 0.6) is 0 Å². The summed E-state index contributed by atoms with van der Waals surface area (Å²) in [6, 6.07) is 6.96. The summed E-state index contributed by atoms with van der Waals surface area (Å²) in [7, 11) is 0. The summed E-state index contributed by atoms with van der Waals surface area (Å²) < 4.78 is 23.8. The number of carbonyl (C=O) groups is 3. The molecule has 3 aliphatic heterocycles. The third-order valence-corrected chi connectivity index (χ3v) is 7.69. The SMILES string of the molecule is CCOC(=O)NCC(=O)N1CCC2(CC1)C[C@H](CCN1CCN(c3ccc(F)cc3)[C@@H](C)C1)OC2=O. The Morgan fingerprint density at radius 3 is 2.56 bits per heavy atom. The minimum atomic E-state index is -0.604. The number of halogens is 1. The molecule has 0 aromatic heterocycles. The average molecular weight is 505 g/mol. The Kier molecular flexibility index (Phi) is 8.33. The van der Waals surface area contributed by atoms with Crippen molar-refractivity contribution in [3.8, 4) is 0 Å². The number of likely N-dealkylation sites (tertiary alicyclic amines) is 1. The molecule has 1 aromatic carbocycles. The van der Waals surface area contributed by atoms with Crippen molar-refractivity contribution in [1.29, 1.82) is 0 Å². The first-order valence-electron chi connectivity index (χ1n) is 12.9. The highest BCUT2D eigenvalue weighted by molar-refractivity contribution is 5.83. The van der Waals surface area contributed by atoms with Gasteiger partial charge < -0.3 is 24.6 Å². The molecule has 3 saturated heterocycles. The lowest BCUT2D eigenvalue weighted by Gasteiger charge is -2.41. The fourth-order valence-corrected chi connectivity index (χ4v) is 5.61. The number of ether oxygens (including phenoxy) is 2. The Morgan fingerprint density at radius 1 is 1.17 bits per heavy atom. The van der Waals surface area contributed by atoms with Gasteiger partial charge in [-0.1, -0.05) is 0 Å². The van der Waals surface area contributed by atoms with Gasteiger partial charge in [-0.05, 0) is 57.4 Å². The van der Waals surface area contributed by atoms with Crippen LogP contribution in [0.2, 0.25) is 0 Å². The van der Waals surface area contributed by atoms with E-state index in [9.17, 15) is 18.8 Å². The van der Waals surface area contributed by atoms with Gasteiger partial charge in [0.1, 0.15) is 18.5 Å². The summed E-state index contributed by atoms with van der Waals surface area (Å²) in [4.78, 5) is 43.0. The second-order valence-corrected chi connectivity index (χ2v) is 10.1. The number of piperidine rings is 1. The zero-order valence-electron chi connectivity index (χ0n) is 21.2. The number of nitrogens with zero attached hydrogens (tertiary/aromatic N) is 3. The van der Waals surface area contributed by atoms with Gasteiger partial charge >= 0.3 is 12.1 Å². The van der Waals surface area contributed by atoms with E-state index >= 15 is 0 Å². The van der Waals surface area contributed by atoms with Crippen molar-refractivity contribution >= 4 is 23.7 Å². The number of cyclic esters (lactones) is 1. The molecule has 198 valence electrons. The van der Waals surface area contributed by atoms with E-state index in [1.54, 1.807) is 11.8 Å². The molecule has 0 bridgehead atoms. The van der Waals surface area contributed by atoms with Gasteiger partial charge in [-0.15, -0.1) is 0 Å². The summed E-state index contributed by atoms with van der Waals surface area (Å²) in [6.07, 6.45) is 1.95. The molecule has 3 fully saturated rings. The molecule has 9 nitrogen and oxygen atoms in total. The number of amides is 2. The van der Waals surface area contributed by atoms with Gasteiger partial charge in [0.25, 0.3) is 0 Å². The first-order valence-corrected chi connectivity index (χ1v) is 12.9. The minimum absolute atomic E-state index is 0.101. The lowest BCUT2D eigenvalue weighted by Crippen LogP contribution is -2.52. The van der Waals surface area contributed by atoms with Crippen LogP contribution in [-0.4, -0.2) is 92.3 Å². The lowest BCUT2D eigenvalue weighted by molar-refractivity contribution is -0.152. The number of nitrogens with one attached hydrogen (secondary N) is 1. The molecule has 0 unspecified atom stereocenters. The normalized spacial score (nSPS) is 24.0. The van der Waals surface area contributed by atoms with Gasteiger partial charge in [0.05, 0.1) is 12.0 Å². The number of alkyl carbamates (subject to hydrolysis) is 1. The molecule has 0 radical (unpaired) electrons. The van der Waals surface area contributed by atoms with Gasteiger partial charge in [0.2, 0.25) is 5.91 Å². The molecule has 1 spiro atoms. The molecule has 3 heterocycles. The number of benzene rings is 1. The first kappa shape index (κ1) is 26.2. The van der Waals surface area contributed by atoms with Crippen LogP contribution in [0.25, 0.3) is 0 Å². The maximum Gasteiger partial charge on any atom is 0.407 e. The predicted molar refractivity (Wildman–Crippen MR) is 132 cm³/mol. The van der Waals surface area contributed by atoms with Crippen molar-refractivity contribution in [2.24, 2.45) is 5.41 Å². The second kappa shape index (κ2) is 11.5. The number of carbonyl (C=O) groups excluding carboxylic acids is 3. The summed E-state index contributed by atoms with van der Waals surface area (Å²) in [6.45, 7) is 8.53. The fourth-order valence-electron chi connectivity index (χ4n) is 5.61. The molecule has 1 N–H and O–H groups in total. The summed E-state index contributed by atoms with van der Waals surface area (Å²) in [5.74, 6) is -0.536. The van der Waals surface area contributed by atoms with Crippen LogP contribution in [0.3, 0.4) is 0 Å². The number of esters is 1. The van der Waals surface area contributed by atoms with E-state index in [2.05, 4.69) is 22.0 Å². The largest absolute Gasteiger partial charge is 0.462 e. The summed E-state index contributed by atoms with van der Waals surface area (Å²) in [5, 5.41) is 2.46. The van der Waals surface area contributed by atoms with Crippen molar-refractivity contribution in [2.45, 2.75) is 51.7 Å². The van der Waals surface area contributed by atoms with Gasteiger partial charge in [-0.2, -0.15) is 0 Å². The van der Waals surface area contributed by atoms with E-state index in [-0.39, 0.29) is 36.9 Å². The van der Waals surface area contributed by atoms with E-state index in [1.165, 1.54) is 12.1 Å². The van der Waals surface area contributed by atoms with Crippen molar-refractivity contribution in [3.63, 3.8) is 0 Å². The van der Waals surface area contributed by atoms with Crippen molar-refractivity contribution in [2.75, 3.05) is 57.3 Å². The van der Waals surface area contributed by atoms with Gasteiger partial charge in [0.15, 0.2) is 0 Å². The molecule has 10 heteroatoms. The van der Waals surface area contributed by atoms with E-state index in [0.717, 1.165) is 38.3 Å². The molecule has 2 amide bonds. The Morgan fingerprint density at radius 2 is 1.89 bits per heavy atom. The molecular weight excluding hydrogens is 467 g/mol. The highest BCUT2D eigenvalue weighted by Gasteiger charge is 2.50. The van der Waals surface area contributed by atoms with E-state index in [1.807, 2.05) is 12.1 Å². The van der Waals surface area contributed by atoms with Crippen LogP contribution in [0.4, 0.5) is 14.9 Å². The summed E-state index contributed by atoms with van der Waals surface area (Å²) >= 11 is 0. The van der Waals surface area contributed by atoms with E-state index in [4.69, 9.17) is 9.47 Å². The number of anilines is 1. The zero-order chi connectivity index (χ0) is 25.7. The Bertz CT molecular complexity index is 935. The quantitative estimate of drug-likeness (QED) is 0.570. The van der Waals surface area contributed by atoms with Crippen LogP contribution in [0, 0.1) is 11.2 Å². The third-order valence-electron chi connectivity index (χ3n) is 7.69. The number of rotatable bonds is 7.